The molecule has 0 heterocycles. The summed E-state index contributed by atoms with van der Waals surface area (Å²) in [7, 11) is 0. The number of amides is 1. The molecule has 0 bridgehead atoms. The third-order valence-electron chi connectivity index (χ3n) is 4.28. The van der Waals surface area contributed by atoms with Gasteiger partial charge in [0.05, 0.1) is 13.2 Å². The second-order valence-corrected chi connectivity index (χ2v) is 6.45. The second kappa shape index (κ2) is 14.8. The van der Waals surface area contributed by atoms with Crippen LogP contribution in [0.5, 0.6) is 0 Å². The minimum atomic E-state index is -0.0502. The first-order chi connectivity index (χ1) is 13.7. The summed E-state index contributed by atoms with van der Waals surface area (Å²) in [5, 5.41) is 18.9. The fraction of sp³-hybridized carbons (Fsp3) is 0.364. The van der Waals surface area contributed by atoms with Gasteiger partial charge in [0.15, 0.2) is 5.96 Å². The zero-order valence-electron chi connectivity index (χ0n) is 16.8. The van der Waals surface area contributed by atoms with Gasteiger partial charge < -0.3 is 21.1 Å². The van der Waals surface area contributed by atoms with E-state index >= 15 is 0 Å². The lowest BCUT2D eigenvalue weighted by Gasteiger charge is -2.15. The van der Waals surface area contributed by atoms with Crippen LogP contribution in [-0.4, -0.2) is 43.2 Å². The molecule has 0 spiro atoms. The molecule has 1 atom stereocenters. The summed E-state index contributed by atoms with van der Waals surface area (Å²) in [4.78, 5) is 16.6. The van der Waals surface area contributed by atoms with Gasteiger partial charge in [0, 0.05) is 32.0 Å². The summed E-state index contributed by atoms with van der Waals surface area (Å²) < 4.78 is 0. The molecule has 0 saturated heterocycles. The molecule has 2 aromatic rings. The Morgan fingerprint density at radius 3 is 2.28 bits per heavy atom. The van der Waals surface area contributed by atoms with Crippen molar-refractivity contribution in [1.29, 1.82) is 0 Å². The van der Waals surface area contributed by atoms with Crippen LogP contribution < -0.4 is 16.0 Å². The van der Waals surface area contributed by atoms with Crippen LogP contribution in [0.15, 0.2) is 65.7 Å². The van der Waals surface area contributed by atoms with Gasteiger partial charge in [-0.25, -0.2) is 0 Å². The number of aliphatic hydroxyl groups is 1. The smallest absolute Gasteiger partial charge is 0.222 e. The van der Waals surface area contributed by atoms with Crippen LogP contribution in [0.4, 0.5) is 0 Å². The maximum atomic E-state index is 12.0. The van der Waals surface area contributed by atoms with Crippen LogP contribution in [0.25, 0.3) is 0 Å². The third kappa shape index (κ3) is 9.76. The summed E-state index contributed by atoms with van der Waals surface area (Å²) in [5.41, 5.74) is 2.14. The minimum Gasteiger partial charge on any atom is -0.396 e. The molecule has 29 heavy (non-hydrogen) atoms. The van der Waals surface area contributed by atoms with Crippen molar-refractivity contribution < 1.29 is 9.90 Å². The van der Waals surface area contributed by atoms with Crippen molar-refractivity contribution in [3.05, 3.63) is 71.8 Å². The van der Waals surface area contributed by atoms with E-state index < -0.39 is 0 Å². The van der Waals surface area contributed by atoms with Crippen molar-refractivity contribution in [3.8, 4) is 0 Å². The SMILES string of the molecule is CCNC(=NCC(CO)c1ccccc1)NCCC(=O)NCc1ccccc1.I. The maximum Gasteiger partial charge on any atom is 0.222 e. The lowest BCUT2D eigenvalue weighted by molar-refractivity contribution is -0.121. The molecule has 6 nitrogen and oxygen atoms in total. The first-order valence-electron chi connectivity index (χ1n) is 9.71. The van der Waals surface area contributed by atoms with Crippen molar-refractivity contribution in [1.82, 2.24) is 16.0 Å². The highest BCUT2D eigenvalue weighted by molar-refractivity contribution is 14.0. The molecule has 0 aliphatic carbocycles. The zero-order valence-corrected chi connectivity index (χ0v) is 19.1. The molecule has 4 N–H and O–H groups in total. The van der Waals surface area contributed by atoms with Gasteiger partial charge in [-0.15, -0.1) is 24.0 Å². The molecule has 1 amide bonds. The molecule has 0 aliphatic rings. The number of rotatable bonds is 10. The van der Waals surface area contributed by atoms with Crippen molar-refractivity contribution in [2.24, 2.45) is 4.99 Å². The Labute approximate surface area is 190 Å². The molecule has 2 aromatic carbocycles. The topological polar surface area (TPSA) is 85.8 Å². The number of nitrogens with zero attached hydrogens (tertiary/aromatic N) is 1. The predicted octanol–water partition coefficient (Wildman–Crippen LogP) is 2.64. The van der Waals surface area contributed by atoms with Crippen LogP contribution in [-0.2, 0) is 11.3 Å². The third-order valence-corrected chi connectivity index (χ3v) is 4.28. The molecule has 158 valence electrons. The average molecular weight is 510 g/mol. The zero-order chi connectivity index (χ0) is 20.0. The van der Waals surface area contributed by atoms with E-state index in [0.29, 0.717) is 32.0 Å². The van der Waals surface area contributed by atoms with Crippen LogP contribution in [0.3, 0.4) is 0 Å². The fourth-order valence-electron chi connectivity index (χ4n) is 2.72. The van der Waals surface area contributed by atoms with Crippen molar-refractivity contribution in [2.45, 2.75) is 25.8 Å². The molecule has 0 aliphatic heterocycles. The highest BCUT2D eigenvalue weighted by Crippen LogP contribution is 2.14. The first kappa shape index (κ1) is 24.9. The van der Waals surface area contributed by atoms with Gasteiger partial charge in [0.1, 0.15) is 0 Å². The second-order valence-electron chi connectivity index (χ2n) is 6.45. The van der Waals surface area contributed by atoms with E-state index in [-0.39, 0.29) is 42.4 Å². The van der Waals surface area contributed by atoms with Crippen molar-refractivity contribution in [2.75, 3.05) is 26.2 Å². The number of hydrogen-bond donors (Lipinski definition) is 4. The lowest BCUT2D eigenvalue weighted by Crippen LogP contribution is -2.39. The van der Waals surface area contributed by atoms with E-state index in [4.69, 9.17) is 0 Å². The van der Waals surface area contributed by atoms with Gasteiger partial charge in [-0.3, -0.25) is 9.79 Å². The first-order valence-corrected chi connectivity index (χ1v) is 9.71. The Morgan fingerprint density at radius 1 is 1.00 bits per heavy atom. The number of aliphatic imine (C=N–C) groups is 1. The minimum absolute atomic E-state index is 0. The van der Waals surface area contributed by atoms with E-state index in [1.807, 2.05) is 67.6 Å². The molecule has 1 unspecified atom stereocenters. The van der Waals surface area contributed by atoms with Gasteiger partial charge >= 0.3 is 0 Å². The van der Waals surface area contributed by atoms with Crippen LogP contribution in [0, 0.1) is 0 Å². The summed E-state index contributed by atoms with van der Waals surface area (Å²) in [6.45, 7) is 4.24. The molecule has 7 heteroatoms. The number of benzene rings is 2. The Bertz CT molecular complexity index is 726. The van der Waals surface area contributed by atoms with E-state index in [1.165, 1.54) is 0 Å². The Kier molecular flexibility index (Phi) is 12.7. The Morgan fingerprint density at radius 2 is 1.66 bits per heavy atom. The molecule has 0 saturated carbocycles. The number of carbonyl (C=O) groups excluding carboxylic acids is 1. The average Bonchev–Trinajstić information content (AvgIpc) is 2.74. The Hall–Kier alpha value is -2.13. The number of guanidine groups is 1. The summed E-state index contributed by atoms with van der Waals surface area (Å²) >= 11 is 0. The standard InChI is InChI=1S/C22H30N4O2.HI/c1-2-23-22(26-16-20(17-27)19-11-7-4-8-12-19)24-14-13-21(28)25-15-18-9-5-3-6-10-18;/h3-12,20,27H,2,13-17H2,1H3,(H,25,28)(H2,23,24,26);1H. The molecule has 0 aromatic heterocycles. The normalized spacial score (nSPS) is 11.9. The summed E-state index contributed by atoms with van der Waals surface area (Å²) in [6, 6.07) is 19.7. The van der Waals surface area contributed by atoms with Gasteiger partial charge in [-0.1, -0.05) is 60.7 Å². The predicted molar refractivity (Wildman–Crippen MR) is 129 cm³/mol. The lowest BCUT2D eigenvalue weighted by atomic mass is 10.0. The van der Waals surface area contributed by atoms with E-state index in [1.54, 1.807) is 0 Å². The number of nitrogens with one attached hydrogen (secondary N) is 3. The number of halogens is 1. The van der Waals surface area contributed by atoms with Crippen molar-refractivity contribution in [3.63, 3.8) is 0 Å². The molecule has 0 fully saturated rings. The van der Waals surface area contributed by atoms with Gasteiger partial charge in [0.2, 0.25) is 5.91 Å². The maximum absolute atomic E-state index is 12.0. The van der Waals surface area contributed by atoms with Gasteiger partial charge in [0.25, 0.3) is 0 Å². The van der Waals surface area contributed by atoms with Gasteiger partial charge in [-0.2, -0.15) is 0 Å². The molecule has 2 rings (SSSR count). The number of aliphatic hydroxyl groups excluding tert-OH is 1. The highest BCUT2D eigenvalue weighted by Gasteiger charge is 2.10. The Balaban J connectivity index is 0.00000420. The highest BCUT2D eigenvalue weighted by atomic mass is 127. The number of carbonyl (C=O) groups is 1. The van der Waals surface area contributed by atoms with Crippen LogP contribution in [0.2, 0.25) is 0 Å². The van der Waals surface area contributed by atoms with E-state index in [9.17, 15) is 9.90 Å². The monoisotopic (exact) mass is 510 g/mol. The van der Waals surface area contributed by atoms with Crippen molar-refractivity contribution >= 4 is 35.8 Å². The largest absolute Gasteiger partial charge is 0.396 e. The molecular weight excluding hydrogens is 479 g/mol. The molecule has 0 radical (unpaired) electrons. The van der Waals surface area contributed by atoms with Crippen LogP contribution in [0.1, 0.15) is 30.4 Å². The fourth-order valence-corrected chi connectivity index (χ4v) is 2.72. The van der Waals surface area contributed by atoms with Crippen LogP contribution >= 0.6 is 24.0 Å². The van der Waals surface area contributed by atoms with Gasteiger partial charge in [-0.05, 0) is 18.1 Å². The summed E-state index contributed by atoms with van der Waals surface area (Å²) in [6.07, 6.45) is 0.360. The summed E-state index contributed by atoms with van der Waals surface area (Å²) in [5.74, 6) is 0.586. The quantitative estimate of drug-likeness (QED) is 0.225. The number of hydrogen-bond acceptors (Lipinski definition) is 3. The van der Waals surface area contributed by atoms with E-state index in [0.717, 1.165) is 17.7 Å². The molecular formula is C22H31IN4O2. The van der Waals surface area contributed by atoms with E-state index in [2.05, 4.69) is 20.9 Å².